The molecule has 0 aliphatic carbocycles. The predicted octanol–water partition coefficient (Wildman–Crippen LogP) is 2.25. The molecule has 0 spiro atoms. The first-order valence-corrected chi connectivity index (χ1v) is 5.15. The van der Waals surface area contributed by atoms with Crippen LogP contribution in [0, 0.1) is 5.82 Å². The third kappa shape index (κ3) is 1.87. The Labute approximate surface area is 93.2 Å². The largest absolute Gasteiger partial charge is 0.490 e. The van der Waals surface area contributed by atoms with Crippen LogP contribution in [0.3, 0.4) is 0 Å². The summed E-state index contributed by atoms with van der Waals surface area (Å²) in [4.78, 5) is 11.6. The lowest BCUT2D eigenvalue weighted by Gasteiger charge is -2.28. The van der Waals surface area contributed by atoms with Crippen LogP contribution in [0.5, 0.6) is 5.75 Å². The fourth-order valence-corrected chi connectivity index (χ4v) is 1.99. The molecule has 0 aromatic heterocycles. The fourth-order valence-electron chi connectivity index (χ4n) is 1.99. The third-order valence-corrected chi connectivity index (χ3v) is 2.73. The van der Waals surface area contributed by atoms with Crippen LogP contribution in [0.4, 0.5) is 4.39 Å². The molecule has 0 saturated heterocycles. The molecule has 0 N–H and O–H groups in total. The van der Waals surface area contributed by atoms with Crippen molar-refractivity contribution in [2.75, 3.05) is 7.11 Å². The highest BCUT2D eigenvalue weighted by atomic mass is 19.1. The van der Waals surface area contributed by atoms with Gasteiger partial charge in [-0.2, -0.15) is 0 Å². The van der Waals surface area contributed by atoms with Crippen molar-refractivity contribution in [2.45, 2.75) is 25.4 Å². The number of benzene rings is 1. The first-order valence-electron chi connectivity index (χ1n) is 5.15. The number of carbonyl (C=O) groups excluding carboxylic acids is 1. The van der Waals surface area contributed by atoms with E-state index in [2.05, 4.69) is 0 Å². The Morgan fingerprint density at radius 1 is 1.56 bits per heavy atom. The van der Waals surface area contributed by atoms with Gasteiger partial charge in [-0.15, -0.1) is 0 Å². The number of ether oxygens (including phenoxy) is 2. The summed E-state index contributed by atoms with van der Waals surface area (Å²) in [7, 11) is 1.33. The van der Waals surface area contributed by atoms with Crippen LogP contribution in [0.15, 0.2) is 18.2 Å². The maximum Gasteiger partial charge on any atom is 0.313 e. The van der Waals surface area contributed by atoms with Gasteiger partial charge < -0.3 is 9.47 Å². The smallest absolute Gasteiger partial charge is 0.313 e. The molecule has 3 nitrogen and oxygen atoms in total. The van der Waals surface area contributed by atoms with Crippen molar-refractivity contribution in [1.82, 2.24) is 0 Å². The van der Waals surface area contributed by atoms with Gasteiger partial charge in [0, 0.05) is 12.0 Å². The van der Waals surface area contributed by atoms with Gasteiger partial charge in [0.1, 0.15) is 11.6 Å². The van der Waals surface area contributed by atoms with Gasteiger partial charge >= 0.3 is 5.97 Å². The fraction of sp³-hybridized carbons (Fsp3) is 0.417. The van der Waals surface area contributed by atoms with Crippen molar-refractivity contribution in [1.29, 1.82) is 0 Å². The van der Waals surface area contributed by atoms with E-state index >= 15 is 0 Å². The SMILES string of the molecule is COC(=O)C1CC(C)Oc2ccc(F)cc21. The van der Waals surface area contributed by atoms with Crippen molar-refractivity contribution in [2.24, 2.45) is 0 Å². The molecule has 0 amide bonds. The lowest BCUT2D eigenvalue weighted by molar-refractivity contribution is -0.143. The second-order valence-electron chi connectivity index (χ2n) is 3.92. The molecule has 1 aromatic carbocycles. The van der Waals surface area contributed by atoms with Crippen LogP contribution in [0.1, 0.15) is 24.8 Å². The Kier molecular flexibility index (Phi) is 2.81. The average Bonchev–Trinajstić information content (AvgIpc) is 2.27. The van der Waals surface area contributed by atoms with Crippen LogP contribution in [-0.4, -0.2) is 19.2 Å². The molecular formula is C12H13FO3. The highest BCUT2D eigenvalue weighted by molar-refractivity contribution is 5.79. The van der Waals surface area contributed by atoms with Crippen LogP contribution >= 0.6 is 0 Å². The summed E-state index contributed by atoms with van der Waals surface area (Å²) in [6.07, 6.45) is 0.449. The number of rotatable bonds is 1. The molecule has 2 unspecified atom stereocenters. The molecular weight excluding hydrogens is 211 g/mol. The van der Waals surface area contributed by atoms with Gasteiger partial charge in [-0.1, -0.05) is 0 Å². The highest BCUT2D eigenvalue weighted by Crippen LogP contribution is 2.37. The minimum Gasteiger partial charge on any atom is -0.490 e. The second kappa shape index (κ2) is 4.12. The summed E-state index contributed by atoms with van der Waals surface area (Å²) in [6.45, 7) is 1.88. The van der Waals surface area contributed by atoms with E-state index in [1.54, 1.807) is 6.07 Å². The summed E-state index contributed by atoms with van der Waals surface area (Å²) in [6, 6.07) is 4.21. The molecule has 1 aliphatic heterocycles. The molecule has 0 radical (unpaired) electrons. The first-order chi connectivity index (χ1) is 7.61. The van der Waals surface area contributed by atoms with Crippen LogP contribution in [0.2, 0.25) is 0 Å². The third-order valence-electron chi connectivity index (χ3n) is 2.73. The van der Waals surface area contributed by atoms with E-state index in [0.717, 1.165) is 0 Å². The average molecular weight is 224 g/mol. The Hall–Kier alpha value is -1.58. The zero-order valence-electron chi connectivity index (χ0n) is 9.20. The van der Waals surface area contributed by atoms with Gasteiger partial charge in [0.2, 0.25) is 0 Å². The first kappa shape index (κ1) is 10.9. The molecule has 1 aliphatic rings. The molecule has 0 bridgehead atoms. The van der Waals surface area contributed by atoms with Gasteiger partial charge in [0.15, 0.2) is 0 Å². The Bertz CT molecular complexity index is 417. The number of esters is 1. The number of methoxy groups -OCH3 is 1. The van der Waals surface area contributed by atoms with Gasteiger partial charge in [-0.3, -0.25) is 4.79 Å². The molecule has 4 heteroatoms. The molecule has 16 heavy (non-hydrogen) atoms. The number of halogens is 1. The lowest BCUT2D eigenvalue weighted by atomic mass is 9.90. The van der Waals surface area contributed by atoms with E-state index < -0.39 is 5.92 Å². The standard InChI is InChI=1S/C12H13FO3/c1-7-5-10(12(14)15-2)9-6-8(13)3-4-11(9)16-7/h3-4,6-7,10H,5H2,1-2H3. The van der Waals surface area contributed by atoms with Crippen LogP contribution < -0.4 is 4.74 Å². The topological polar surface area (TPSA) is 35.5 Å². The molecule has 1 heterocycles. The molecule has 86 valence electrons. The van der Waals surface area contributed by atoms with Crippen molar-refractivity contribution in [3.8, 4) is 5.75 Å². The van der Waals surface area contributed by atoms with E-state index in [4.69, 9.17) is 9.47 Å². The van der Waals surface area contributed by atoms with E-state index in [-0.39, 0.29) is 17.9 Å². The number of hydrogen-bond donors (Lipinski definition) is 0. The minimum absolute atomic E-state index is 0.0675. The quantitative estimate of drug-likeness (QED) is 0.686. The maximum atomic E-state index is 13.1. The van der Waals surface area contributed by atoms with Gasteiger partial charge in [-0.25, -0.2) is 4.39 Å². The van der Waals surface area contributed by atoms with Crippen LogP contribution in [-0.2, 0) is 9.53 Å². The molecule has 0 saturated carbocycles. The van der Waals surface area contributed by atoms with Crippen molar-refractivity contribution >= 4 is 5.97 Å². The zero-order valence-corrected chi connectivity index (χ0v) is 9.20. The molecule has 0 fully saturated rings. The number of hydrogen-bond acceptors (Lipinski definition) is 3. The van der Waals surface area contributed by atoms with Crippen molar-refractivity contribution in [3.05, 3.63) is 29.6 Å². The zero-order chi connectivity index (χ0) is 11.7. The Balaban J connectivity index is 2.43. The second-order valence-corrected chi connectivity index (χ2v) is 3.92. The maximum absolute atomic E-state index is 13.1. The lowest BCUT2D eigenvalue weighted by Crippen LogP contribution is -2.28. The summed E-state index contributed by atoms with van der Waals surface area (Å²) < 4.78 is 23.4. The monoisotopic (exact) mass is 224 g/mol. The summed E-state index contributed by atoms with van der Waals surface area (Å²) in [5, 5.41) is 0. The van der Waals surface area contributed by atoms with Gasteiger partial charge in [0.25, 0.3) is 0 Å². The summed E-state index contributed by atoms with van der Waals surface area (Å²) in [5.74, 6) is -0.581. The van der Waals surface area contributed by atoms with Gasteiger partial charge in [-0.05, 0) is 25.1 Å². The number of fused-ring (bicyclic) bond motifs is 1. The van der Waals surface area contributed by atoms with Crippen LogP contribution in [0.25, 0.3) is 0 Å². The number of carbonyl (C=O) groups is 1. The van der Waals surface area contributed by atoms with Crippen molar-refractivity contribution in [3.63, 3.8) is 0 Å². The highest BCUT2D eigenvalue weighted by Gasteiger charge is 2.32. The molecule has 1 aromatic rings. The van der Waals surface area contributed by atoms with E-state index in [1.807, 2.05) is 6.92 Å². The predicted molar refractivity (Wildman–Crippen MR) is 55.9 cm³/mol. The summed E-state index contributed by atoms with van der Waals surface area (Å²) in [5.41, 5.74) is 0.574. The van der Waals surface area contributed by atoms with E-state index in [9.17, 15) is 9.18 Å². The summed E-state index contributed by atoms with van der Waals surface area (Å²) >= 11 is 0. The van der Waals surface area contributed by atoms with Gasteiger partial charge in [0.05, 0.1) is 19.1 Å². The Morgan fingerprint density at radius 2 is 2.31 bits per heavy atom. The van der Waals surface area contributed by atoms with Crippen molar-refractivity contribution < 1.29 is 18.7 Å². The molecule has 2 rings (SSSR count). The molecule has 2 atom stereocenters. The minimum atomic E-state index is -0.431. The normalized spacial score (nSPS) is 23.2. The van der Waals surface area contributed by atoms with E-state index in [1.165, 1.54) is 19.2 Å². The Morgan fingerprint density at radius 3 is 3.00 bits per heavy atom. The van der Waals surface area contributed by atoms with E-state index in [0.29, 0.717) is 17.7 Å².